The zero-order valence-electron chi connectivity index (χ0n) is 11.6. The van der Waals surface area contributed by atoms with Gasteiger partial charge < -0.3 is 10.1 Å². The highest BCUT2D eigenvalue weighted by atomic mass is 16.5. The number of nitrogens with one attached hydrogen (secondary N) is 1. The summed E-state index contributed by atoms with van der Waals surface area (Å²) in [7, 11) is 1.65. The molecule has 0 spiro atoms. The predicted molar refractivity (Wildman–Crippen MR) is 82.7 cm³/mol. The van der Waals surface area contributed by atoms with Crippen LogP contribution >= 0.6 is 0 Å². The first-order chi connectivity index (χ1) is 9.69. The van der Waals surface area contributed by atoms with Gasteiger partial charge in [0.05, 0.1) is 7.11 Å². The van der Waals surface area contributed by atoms with Crippen LogP contribution in [0.3, 0.4) is 0 Å². The minimum Gasteiger partial charge on any atom is -0.497 e. The largest absolute Gasteiger partial charge is 0.497 e. The van der Waals surface area contributed by atoms with Gasteiger partial charge in [0.1, 0.15) is 5.75 Å². The number of ether oxygens (including phenoxy) is 1. The second-order valence-corrected chi connectivity index (χ2v) is 4.38. The summed E-state index contributed by atoms with van der Waals surface area (Å²) >= 11 is 0. The summed E-state index contributed by atoms with van der Waals surface area (Å²) < 4.78 is 5.19. The highest BCUT2D eigenvalue weighted by molar-refractivity contribution is 5.92. The summed E-state index contributed by atoms with van der Waals surface area (Å²) in [6, 6.07) is 15.5. The lowest BCUT2D eigenvalue weighted by molar-refractivity contribution is -0.114. The molecular formula is C17H17NO2. The fraction of sp³-hybridized carbons (Fsp3) is 0.118. The summed E-state index contributed by atoms with van der Waals surface area (Å²) in [5.74, 6) is 0.745. The SMILES string of the molecule is COc1cccc(C=Cc2ccccc2NC(C)=O)c1. The van der Waals surface area contributed by atoms with E-state index in [0.29, 0.717) is 0 Å². The zero-order chi connectivity index (χ0) is 14.4. The van der Waals surface area contributed by atoms with E-state index in [1.165, 1.54) is 6.92 Å². The van der Waals surface area contributed by atoms with E-state index < -0.39 is 0 Å². The van der Waals surface area contributed by atoms with Crippen LogP contribution in [-0.2, 0) is 4.79 Å². The minimum absolute atomic E-state index is 0.0766. The van der Waals surface area contributed by atoms with Gasteiger partial charge in [0.25, 0.3) is 0 Å². The van der Waals surface area contributed by atoms with Crippen LogP contribution in [0.15, 0.2) is 48.5 Å². The van der Waals surface area contributed by atoms with Gasteiger partial charge in [-0.05, 0) is 29.3 Å². The Morgan fingerprint density at radius 1 is 1.10 bits per heavy atom. The molecule has 3 nitrogen and oxygen atoms in total. The second kappa shape index (κ2) is 6.57. The van der Waals surface area contributed by atoms with Gasteiger partial charge in [-0.15, -0.1) is 0 Å². The molecule has 0 heterocycles. The van der Waals surface area contributed by atoms with Gasteiger partial charge in [-0.2, -0.15) is 0 Å². The molecule has 3 heteroatoms. The van der Waals surface area contributed by atoms with E-state index in [2.05, 4.69) is 5.32 Å². The molecule has 2 aromatic rings. The number of hydrogen-bond acceptors (Lipinski definition) is 2. The number of rotatable bonds is 4. The van der Waals surface area contributed by atoms with E-state index >= 15 is 0 Å². The van der Waals surface area contributed by atoms with E-state index in [-0.39, 0.29) is 5.91 Å². The Morgan fingerprint density at radius 3 is 2.65 bits per heavy atom. The summed E-state index contributed by atoms with van der Waals surface area (Å²) in [6.45, 7) is 1.50. The van der Waals surface area contributed by atoms with Crippen molar-refractivity contribution in [1.29, 1.82) is 0 Å². The first-order valence-electron chi connectivity index (χ1n) is 6.38. The van der Waals surface area contributed by atoms with Gasteiger partial charge in [-0.25, -0.2) is 0 Å². The molecule has 0 aliphatic carbocycles. The molecule has 20 heavy (non-hydrogen) atoms. The van der Waals surface area contributed by atoms with Crippen molar-refractivity contribution >= 4 is 23.7 Å². The third-order valence-electron chi connectivity index (χ3n) is 2.82. The standard InChI is InChI=1S/C17H17NO2/c1-13(19)18-17-9-4-3-7-15(17)11-10-14-6-5-8-16(12-14)20-2/h3-12H,1-2H3,(H,18,19). The van der Waals surface area contributed by atoms with Crippen LogP contribution in [0.2, 0.25) is 0 Å². The van der Waals surface area contributed by atoms with Crippen molar-refractivity contribution < 1.29 is 9.53 Å². The van der Waals surface area contributed by atoms with Crippen LogP contribution < -0.4 is 10.1 Å². The van der Waals surface area contributed by atoms with Gasteiger partial charge >= 0.3 is 0 Å². The maximum atomic E-state index is 11.2. The Balaban J connectivity index is 2.24. The van der Waals surface area contributed by atoms with Crippen molar-refractivity contribution in [2.75, 3.05) is 12.4 Å². The number of benzene rings is 2. The highest BCUT2D eigenvalue weighted by Gasteiger charge is 2.00. The van der Waals surface area contributed by atoms with Crippen molar-refractivity contribution in [3.05, 3.63) is 59.7 Å². The van der Waals surface area contributed by atoms with Gasteiger partial charge in [0.2, 0.25) is 5.91 Å². The molecule has 2 aromatic carbocycles. The number of carbonyl (C=O) groups is 1. The fourth-order valence-corrected chi connectivity index (χ4v) is 1.88. The first-order valence-corrected chi connectivity index (χ1v) is 6.38. The Hall–Kier alpha value is -2.55. The molecule has 1 N–H and O–H groups in total. The van der Waals surface area contributed by atoms with Gasteiger partial charge in [0, 0.05) is 12.6 Å². The third-order valence-corrected chi connectivity index (χ3v) is 2.82. The number of carbonyl (C=O) groups excluding carboxylic acids is 1. The highest BCUT2D eigenvalue weighted by Crippen LogP contribution is 2.19. The molecule has 1 amide bonds. The summed E-state index contributed by atoms with van der Waals surface area (Å²) in [5, 5.41) is 2.82. The fourth-order valence-electron chi connectivity index (χ4n) is 1.88. The molecule has 0 aliphatic rings. The Labute approximate surface area is 118 Å². The second-order valence-electron chi connectivity index (χ2n) is 4.38. The van der Waals surface area contributed by atoms with Crippen molar-refractivity contribution in [2.24, 2.45) is 0 Å². The van der Waals surface area contributed by atoms with E-state index in [1.807, 2.05) is 60.7 Å². The first kappa shape index (κ1) is 13.9. The lowest BCUT2D eigenvalue weighted by Crippen LogP contribution is -2.06. The zero-order valence-corrected chi connectivity index (χ0v) is 11.6. The van der Waals surface area contributed by atoms with Crippen LogP contribution in [0.1, 0.15) is 18.1 Å². The normalized spacial score (nSPS) is 10.5. The topological polar surface area (TPSA) is 38.3 Å². The monoisotopic (exact) mass is 267 g/mol. The molecule has 2 rings (SSSR count). The van der Waals surface area contributed by atoms with Crippen LogP contribution in [0.5, 0.6) is 5.75 Å². The summed E-state index contributed by atoms with van der Waals surface area (Å²) in [6.07, 6.45) is 3.96. The van der Waals surface area contributed by atoms with Crippen molar-refractivity contribution in [2.45, 2.75) is 6.92 Å². The third kappa shape index (κ3) is 3.72. The minimum atomic E-state index is -0.0766. The predicted octanol–water partition coefficient (Wildman–Crippen LogP) is 3.82. The molecule has 0 saturated carbocycles. The van der Waals surface area contributed by atoms with Crippen molar-refractivity contribution in [3.63, 3.8) is 0 Å². The van der Waals surface area contributed by atoms with E-state index in [4.69, 9.17) is 4.74 Å². The molecule has 0 saturated heterocycles. The molecular weight excluding hydrogens is 250 g/mol. The lowest BCUT2D eigenvalue weighted by atomic mass is 10.1. The lowest BCUT2D eigenvalue weighted by Gasteiger charge is -2.06. The van der Waals surface area contributed by atoms with E-state index in [1.54, 1.807) is 7.11 Å². The number of amides is 1. The Bertz CT molecular complexity index is 632. The van der Waals surface area contributed by atoms with Gasteiger partial charge in [-0.1, -0.05) is 42.5 Å². The maximum absolute atomic E-state index is 11.2. The smallest absolute Gasteiger partial charge is 0.221 e. The number of para-hydroxylation sites is 1. The average Bonchev–Trinajstić information content (AvgIpc) is 2.46. The van der Waals surface area contributed by atoms with Crippen molar-refractivity contribution in [1.82, 2.24) is 0 Å². The molecule has 102 valence electrons. The molecule has 0 unspecified atom stereocenters. The van der Waals surface area contributed by atoms with Crippen LogP contribution in [-0.4, -0.2) is 13.0 Å². The Morgan fingerprint density at radius 2 is 1.90 bits per heavy atom. The molecule has 0 aliphatic heterocycles. The summed E-state index contributed by atoms with van der Waals surface area (Å²) in [4.78, 5) is 11.2. The van der Waals surface area contributed by atoms with Crippen LogP contribution in [0.25, 0.3) is 12.2 Å². The average molecular weight is 267 g/mol. The van der Waals surface area contributed by atoms with E-state index in [9.17, 15) is 4.79 Å². The maximum Gasteiger partial charge on any atom is 0.221 e. The van der Waals surface area contributed by atoms with Gasteiger partial charge in [0.15, 0.2) is 0 Å². The molecule has 0 bridgehead atoms. The number of methoxy groups -OCH3 is 1. The molecule has 0 aromatic heterocycles. The molecule has 0 radical (unpaired) electrons. The van der Waals surface area contributed by atoms with Crippen LogP contribution in [0.4, 0.5) is 5.69 Å². The van der Waals surface area contributed by atoms with Gasteiger partial charge in [-0.3, -0.25) is 4.79 Å². The van der Waals surface area contributed by atoms with Crippen molar-refractivity contribution in [3.8, 4) is 5.75 Å². The quantitative estimate of drug-likeness (QED) is 0.855. The number of anilines is 1. The Kier molecular flexibility index (Phi) is 4.56. The van der Waals surface area contributed by atoms with E-state index in [0.717, 1.165) is 22.6 Å². The molecule has 0 atom stereocenters. The molecule has 0 fully saturated rings. The van der Waals surface area contributed by atoms with Crippen LogP contribution in [0, 0.1) is 0 Å². The number of hydrogen-bond donors (Lipinski definition) is 1. The summed E-state index contributed by atoms with van der Waals surface area (Å²) in [5.41, 5.74) is 2.81.